The van der Waals surface area contributed by atoms with E-state index < -0.39 is 11.5 Å². The zero-order valence-corrected chi connectivity index (χ0v) is 14.3. The molecule has 4 rings (SSSR count). The molecule has 3 aliphatic rings. The summed E-state index contributed by atoms with van der Waals surface area (Å²) in [4.78, 5) is 11.5. The molecule has 5 atom stereocenters. The Morgan fingerprint density at radius 1 is 1.29 bits per heavy atom. The van der Waals surface area contributed by atoms with Crippen molar-refractivity contribution in [3.63, 3.8) is 0 Å². The van der Waals surface area contributed by atoms with Gasteiger partial charge in [-0.15, -0.1) is 0 Å². The first-order valence-corrected chi connectivity index (χ1v) is 9.16. The van der Waals surface area contributed by atoms with Gasteiger partial charge in [-0.3, -0.25) is 4.79 Å². The highest BCUT2D eigenvalue weighted by molar-refractivity contribution is 5.75. The van der Waals surface area contributed by atoms with Crippen LogP contribution in [0.1, 0.15) is 62.5 Å². The quantitative estimate of drug-likeness (QED) is 0.780. The molecular weight excluding hydrogens is 302 g/mol. The first-order valence-electron chi connectivity index (χ1n) is 9.16. The average Bonchev–Trinajstić information content (AvgIpc) is 2.77. The third-order valence-corrected chi connectivity index (χ3v) is 7.50. The maximum atomic E-state index is 11.5. The van der Waals surface area contributed by atoms with Crippen LogP contribution in [0.3, 0.4) is 0 Å². The Morgan fingerprint density at radius 2 is 2.08 bits per heavy atom. The number of benzene rings is 1. The molecule has 2 fully saturated rings. The highest BCUT2D eigenvalue weighted by Gasteiger charge is 2.61. The van der Waals surface area contributed by atoms with Gasteiger partial charge in [-0.2, -0.15) is 0 Å². The molecule has 0 bridgehead atoms. The van der Waals surface area contributed by atoms with Crippen molar-refractivity contribution in [1.82, 2.24) is 0 Å². The van der Waals surface area contributed by atoms with Crippen LogP contribution in [0.15, 0.2) is 18.2 Å². The van der Waals surface area contributed by atoms with Gasteiger partial charge in [0.15, 0.2) is 0 Å². The number of aryl methyl sites for hydroxylation is 1. The molecule has 4 heteroatoms. The lowest BCUT2D eigenvalue weighted by Gasteiger charge is -2.53. The van der Waals surface area contributed by atoms with Crippen LogP contribution in [-0.2, 0) is 11.2 Å². The molecule has 0 saturated heterocycles. The molecule has 0 spiro atoms. The van der Waals surface area contributed by atoms with E-state index in [4.69, 9.17) is 5.73 Å². The summed E-state index contributed by atoms with van der Waals surface area (Å²) in [6, 6.07) is 5.80. The van der Waals surface area contributed by atoms with E-state index in [9.17, 15) is 15.0 Å². The van der Waals surface area contributed by atoms with Crippen LogP contribution in [-0.4, -0.2) is 21.7 Å². The molecule has 130 valence electrons. The van der Waals surface area contributed by atoms with Crippen molar-refractivity contribution in [2.24, 2.45) is 23.0 Å². The molecular formula is C20H27NO3. The van der Waals surface area contributed by atoms with Crippen LogP contribution in [0.25, 0.3) is 0 Å². The van der Waals surface area contributed by atoms with Crippen LogP contribution in [0, 0.1) is 17.3 Å². The van der Waals surface area contributed by atoms with Gasteiger partial charge >= 0.3 is 0 Å². The normalized spacial score (nSPS) is 40.5. The first-order chi connectivity index (χ1) is 11.3. The summed E-state index contributed by atoms with van der Waals surface area (Å²) in [6.45, 7) is 2.18. The molecule has 0 radical (unpaired) electrons. The standard InChI is InChI=1S/C20H27NO3/c1-19-8-6-15-14-5-3-13(22)10-12(14)2-4-16(15)17(19)7-9-20(19,24)11-18(21)23/h3,5,10,15-17,22,24H,2,4,6-9,11H2,1H3,(H2,21,23)/t15-,16-,17+,19+,20-/m1/s1. The van der Waals surface area contributed by atoms with Crippen molar-refractivity contribution >= 4 is 5.91 Å². The van der Waals surface area contributed by atoms with Gasteiger partial charge in [0.2, 0.25) is 5.91 Å². The minimum atomic E-state index is -0.941. The zero-order chi connectivity index (χ0) is 17.1. The number of aliphatic hydroxyl groups is 1. The van der Waals surface area contributed by atoms with Crippen molar-refractivity contribution in [3.05, 3.63) is 29.3 Å². The summed E-state index contributed by atoms with van der Waals surface area (Å²) in [5.74, 6) is 1.48. The zero-order valence-electron chi connectivity index (χ0n) is 14.3. The van der Waals surface area contributed by atoms with Crippen LogP contribution in [0.2, 0.25) is 0 Å². The number of hydrogen-bond acceptors (Lipinski definition) is 3. The number of aromatic hydroxyl groups is 1. The van der Waals surface area contributed by atoms with Crippen LogP contribution < -0.4 is 5.73 Å². The molecule has 1 amide bonds. The maximum Gasteiger partial charge on any atom is 0.220 e. The molecule has 4 nitrogen and oxygen atoms in total. The molecule has 1 aromatic rings. The third kappa shape index (κ3) is 2.12. The third-order valence-electron chi connectivity index (χ3n) is 7.50. The Balaban J connectivity index is 1.67. The number of phenols is 1. The lowest BCUT2D eigenvalue weighted by atomic mass is 9.53. The van der Waals surface area contributed by atoms with E-state index >= 15 is 0 Å². The van der Waals surface area contributed by atoms with E-state index in [1.54, 1.807) is 6.07 Å². The summed E-state index contributed by atoms with van der Waals surface area (Å²) >= 11 is 0. The second-order valence-electron chi connectivity index (χ2n) is 8.47. The molecule has 0 heterocycles. The smallest absolute Gasteiger partial charge is 0.220 e. The monoisotopic (exact) mass is 329 g/mol. The van der Waals surface area contributed by atoms with E-state index in [1.807, 2.05) is 6.07 Å². The lowest BCUT2D eigenvalue weighted by molar-refractivity contribution is -0.136. The van der Waals surface area contributed by atoms with Gasteiger partial charge < -0.3 is 15.9 Å². The van der Waals surface area contributed by atoms with Crippen molar-refractivity contribution in [2.75, 3.05) is 0 Å². The van der Waals surface area contributed by atoms with Gasteiger partial charge in [0.1, 0.15) is 5.75 Å². The number of carbonyl (C=O) groups is 1. The predicted molar refractivity (Wildman–Crippen MR) is 91.5 cm³/mol. The Morgan fingerprint density at radius 3 is 2.83 bits per heavy atom. The number of hydrogen-bond donors (Lipinski definition) is 3. The van der Waals surface area contributed by atoms with Crippen molar-refractivity contribution in [3.8, 4) is 5.75 Å². The predicted octanol–water partition coefficient (Wildman–Crippen LogP) is 2.85. The molecule has 4 N–H and O–H groups in total. The Labute approximate surface area is 143 Å². The molecule has 0 unspecified atom stereocenters. The average molecular weight is 329 g/mol. The highest BCUT2D eigenvalue weighted by Crippen LogP contribution is 2.65. The number of phenolic OH excluding ortho intramolecular Hbond substituents is 1. The molecule has 2 saturated carbocycles. The summed E-state index contributed by atoms with van der Waals surface area (Å²) in [5, 5.41) is 21.0. The highest BCUT2D eigenvalue weighted by atomic mass is 16.3. The van der Waals surface area contributed by atoms with E-state index in [0.29, 0.717) is 29.9 Å². The SMILES string of the molecule is C[C@]12CC[C@@H]3c4ccc(O)cc4CC[C@H]3[C@@H]1CC[C@@]2(O)CC(N)=O. The minimum absolute atomic E-state index is 0.0852. The number of rotatable bonds is 2. The van der Waals surface area contributed by atoms with Gasteiger partial charge in [-0.05, 0) is 85.0 Å². The lowest BCUT2D eigenvalue weighted by Crippen LogP contribution is -2.52. The Bertz CT molecular complexity index is 687. The van der Waals surface area contributed by atoms with E-state index in [1.165, 1.54) is 11.1 Å². The van der Waals surface area contributed by atoms with E-state index in [2.05, 4.69) is 13.0 Å². The Hall–Kier alpha value is -1.55. The van der Waals surface area contributed by atoms with Gasteiger partial charge in [0.05, 0.1) is 12.0 Å². The maximum absolute atomic E-state index is 11.5. The van der Waals surface area contributed by atoms with Gasteiger partial charge in [0.25, 0.3) is 0 Å². The molecule has 0 aliphatic heterocycles. The fourth-order valence-corrected chi connectivity index (χ4v) is 6.26. The van der Waals surface area contributed by atoms with E-state index in [0.717, 1.165) is 32.1 Å². The van der Waals surface area contributed by atoms with Crippen LogP contribution in [0.4, 0.5) is 0 Å². The summed E-state index contributed by atoms with van der Waals surface area (Å²) in [6.07, 6.45) is 5.82. The fourth-order valence-electron chi connectivity index (χ4n) is 6.26. The largest absolute Gasteiger partial charge is 0.508 e. The second kappa shape index (κ2) is 5.22. The second-order valence-corrected chi connectivity index (χ2v) is 8.47. The van der Waals surface area contributed by atoms with Gasteiger partial charge in [-0.25, -0.2) is 0 Å². The topological polar surface area (TPSA) is 83.6 Å². The van der Waals surface area contributed by atoms with Crippen molar-refractivity contribution in [2.45, 2.75) is 63.4 Å². The number of amides is 1. The number of carbonyl (C=O) groups excluding carboxylic acids is 1. The minimum Gasteiger partial charge on any atom is -0.508 e. The summed E-state index contributed by atoms with van der Waals surface area (Å²) in [7, 11) is 0. The molecule has 3 aliphatic carbocycles. The number of nitrogens with two attached hydrogens (primary N) is 1. The van der Waals surface area contributed by atoms with Crippen molar-refractivity contribution in [1.29, 1.82) is 0 Å². The van der Waals surface area contributed by atoms with Crippen molar-refractivity contribution < 1.29 is 15.0 Å². The van der Waals surface area contributed by atoms with Crippen LogP contribution in [0.5, 0.6) is 5.75 Å². The van der Waals surface area contributed by atoms with Crippen LogP contribution >= 0.6 is 0 Å². The number of primary amides is 1. The molecule has 24 heavy (non-hydrogen) atoms. The summed E-state index contributed by atoms with van der Waals surface area (Å²) in [5.41, 5.74) is 6.94. The molecule has 0 aromatic heterocycles. The summed E-state index contributed by atoms with van der Waals surface area (Å²) < 4.78 is 0. The molecule has 1 aromatic carbocycles. The fraction of sp³-hybridized carbons (Fsp3) is 0.650. The van der Waals surface area contributed by atoms with E-state index in [-0.39, 0.29) is 11.8 Å². The Kier molecular flexibility index (Phi) is 3.47. The first kappa shape index (κ1) is 15.9. The van der Waals surface area contributed by atoms with Gasteiger partial charge in [0, 0.05) is 0 Å². The number of fused-ring (bicyclic) bond motifs is 5. The van der Waals surface area contributed by atoms with Gasteiger partial charge in [-0.1, -0.05) is 13.0 Å².